The number of allylic oxidation sites excluding steroid dienone is 23. The van der Waals surface area contributed by atoms with Gasteiger partial charge in [0.2, 0.25) is 0 Å². The third kappa shape index (κ3) is 52.2. The van der Waals surface area contributed by atoms with Gasteiger partial charge in [-0.2, -0.15) is 0 Å². The van der Waals surface area contributed by atoms with Crippen LogP contribution in [0.15, 0.2) is 146 Å². The molecular formula is C62H97O11P. The van der Waals surface area contributed by atoms with E-state index >= 15 is 0 Å². The van der Waals surface area contributed by atoms with Gasteiger partial charge in [-0.15, -0.1) is 0 Å². The second kappa shape index (κ2) is 54.6. The zero-order chi connectivity index (χ0) is 54.1. The first-order valence-electron chi connectivity index (χ1n) is 27.7. The van der Waals surface area contributed by atoms with E-state index in [1.165, 1.54) is 0 Å². The van der Waals surface area contributed by atoms with E-state index in [-0.39, 0.29) is 19.3 Å². The number of aliphatic hydroxyl groups is 1. The average Bonchev–Trinajstić information content (AvgIpc) is 3.39. The molecule has 0 saturated carbocycles. The molecule has 0 aliphatic rings. The fraction of sp³-hybridized carbons (Fsp3) is 0.565. The van der Waals surface area contributed by atoms with E-state index < -0.39 is 64.4 Å². The number of ether oxygens (including phenoxy) is 3. The Balaban J connectivity index is 4.91. The predicted molar refractivity (Wildman–Crippen MR) is 306 cm³/mol. The summed E-state index contributed by atoms with van der Waals surface area (Å²) in [4.78, 5) is 48.4. The summed E-state index contributed by atoms with van der Waals surface area (Å²) < 4.78 is 39.3. The van der Waals surface area contributed by atoms with Crippen LogP contribution in [0.25, 0.3) is 0 Å². The number of hydrogen-bond acceptors (Lipinski definition) is 10. The van der Waals surface area contributed by atoms with Crippen molar-refractivity contribution in [3.8, 4) is 0 Å². The number of carbonyl (C=O) groups is 3. The Bertz CT molecular complexity index is 1800. The van der Waals surface area contributed by atoms with Crippen molar-refractivity contribution < 1.29 is 52.2 Å². The highest BCUT2D eigenvalue weighted by Gasteiger charge is 2.28. The van der Waals surface area contributed by atoms with Gasteiger partial charge in [0, 0.05) is 12.8 Å². The molecule has 3 atom stereocenters. The van der Waals surface area contributed by atoms with Gasteiger partial charge in [0.1, 0.15) is 12.7 Å². The number of aliphatic hydroxyl groups excluding tert-OH is 1. The quantitative estimate of drug-likeness (QED) is 0.0197. The summed E-state index contributed by atoms with van der Waals surface area (Å²) in [6, 6.07) is 0. The normalized spacial score (nSPS) is 14.5. The Labute approximate surface area is 448 Å². The molecule has 0 bridgehead atoms. The van der Waals surface area contributed by atoms with E-state index in [4.69, 9.17) is 23.3 Å². The Morgan fingerprint density at radius 1 is 0.392 bits per heavy atom. The lowest BCUT2D eigenvalue weighted by atomic mass is 10.1. The Hall–Kier alpha value is -4.64. The molecule has 0 fully saturated rings. The SMILES string of the molecule is CC/C=C\C/C=C\C/C=C\C/C=C\C/C=C\CC(=O)OCC(COP(=O)(O)OCC(CO)OC(=O)CCCC/C=C\C/C=C\C/C=C\C/C=C\CC)OC(=O)CCCCCCCCC/C=C\C/C=C\C/C=C\CC. The molecule has 0 aliphatic heterocycles. The van der Waals surface area contributed by atoms with Crippen molar-refractivity contribution in [1.29, 1.82) is 0 Å². The number of rotatable bonds is 49. The topological polar surface area (TPSA) is 155 Å². The van der Waals surface area contributed by atoms with Gasteiger partial charge >= 0.3 is 25.7 Å². The second-order valence-electron chi connectivity index (χ2n) is 17.6. The molecule has 416 valence electrons. The van der Waals surface area contributed by atoms with Crippen LogP contribution in [0.1, 0.15) is 188 Å². The second-order valence-corrected chi connectivity index (χ2v) is 19.1. The Morgan fingerprint density at radius 2 is 0.703 bits per heavy atom. The molecule has 0 rings (SSSR count). The zero-order valence-electron chi connectivity index (χ0n) is 45.7. The van der Waals surface area contributed by atoms with Crippen LogP contribution in [0.3, 0.4) is 0 Å². The van der Waals surface area contributed by atoms with E-state index in [9.17, 15) is 28.9 Å². The van der Waals surface area contributed by atoms with Crippen molar-refractivity contribution in [2.45, 2.75) is 200 Å². The summed E-state index contributed by atoms with van der Waals surface area (Å²) in [5, 5.41) is 9.80. The number of unbranched alkanes of at least 4 members (excludes halogenated alkanes) is 9. The van der Waals surface area contributed by atoms with Crippen molar-refractivity contribution in [1.82, 2.24) is 0 Å². The molecule has 0 aromatic rings. The third-order valence-corrected chi connectivity index (χ3v) is 11.7. The maximum atomic E-state index is 12.9. The number of phosphoric ester groups is 1. The molecule has 0 amide bonds. The van der Waals surface area contributed by atoms with Gasteiger partial charge in [0.25, 0.3) is 0 Å². The zero-order valence-corrected chi connectivity index (χ0v) is 46.6. The molecule has 3 unspecified atom stereocenters. The van der Waals surface area contributed by atoms with E-state index in [1.54, 1.807) is 6.08 Å². The highest BCUT2D eigenvalue weighted by Crippen LogP contribution is 2.43. The van der Waals surface area contributed by atoms with Gasteiger partial charge in [-0.3, -0.25) is 23.4 Å². The molecule has 0 aromatic heterocycles. The van der Waals surface area contributed by atoms with Crippen molar-refractivity contribution in [3.63, 3.8) is 0 Å². The molecule has 12 heteroatoms. The maximum Gasteiger partial charge on any atom is 0.472 e. The maximum absolute atomic E-state index is 12.9. The van der Waals surface area contributed by atoms with Crippen LogP contribution >= 0.6 is 7.82 Å². The molecule has 0 aromatic carbocycles. The molecule has 0 radical (unpaired) electrons. The van der Waals surface area contributed by atoms with Gasteiger partial charge in [0.05, 0.1) is 26.2 Å². The van der Waals surface area contributed by atoms with Gasteiger partial charge in [-0.1, -0.05) is 199 Å². The first-order chi connectivity index (χ1) is 36.2. The van der Waals surface area contributed by atoms with Crippen molar-refractivity contribution in [3.05, 3.63) is 146 Å². The standard InChI is InChI=1S/C62H97O11P/c1-4-7-10-13-16-19-22-25-28-29-32-35-38-41-44-47-50-53-62(66)73-59(55-69-60(64)51-48-45-42-39-36-33-30-26-23-20-17-14-11-8-5-2)57-71-74(67,68)70-56-58(54-63)72-61(65)52-49-46-43-40-37-34-31-27-24-21-18-15-12-9-6-3/h7-12,16-21,25-28,30-31,36-37,39-40,45,48,58-59,63H,4-6,13-15,22-24,29,32-35,38,41-44,46-47,49-57H2,1-3H3,(H,67,68)/b10-7-,11-8-,12-9-,19-16-,20-17-,21-18-,28-25-,30-26-,31-27-,39-36-,40-37-,48-45-. The summed E-state index contributed by atoms with van der Waals surface area (Å²) in [5.41, 5.74) is 0. The summed E-state index contributed by atoms with van der Waals surface area (Å²) in [5.74, 6) is -1.69. The van der Waals surface area contributed by atoms with Crippen LogP contribution in [-0.4, -0.2) is 66.5 Å². The highest BCUT2D eigenvalue weighted by molar-refractivity contribution is 7.47. The summed E-state index contributed by atoms with van der Waals surface area (Å²) in [7, 11) is -4.79. The van der Waals surface area contributed by atoms with Crippen LogP contribution in [0, 0.1) is 0 Å². The van der Waals surface area contributed by atoms with Crippen LogP contribution < -0.4 is 0 Å². The summed E-state index contributed by atoms with van der Waals surface area (Å²) in [6.07, 6.45) is 69.8. The largest absolute Gasteiger partial charge is 0.472 e. The molecule has 11 nitrogen and oxygen atoms in total. The third-order valence-electron chi connectivity index (χ3n) is 10.8. The number of phosphoric acid groups is 1. The van der Waals surface area contributed by atoms with Gasteiger partial charge in [-0.25, -0.2) is 4.57 Å². The molecule has 2 N–H and O–H groups in total. The average molecular weight is 1050 g/mol. The van der Waals surface area contributed by atoms with Crippen LogP contribution in [-0.2, 0) is 42.2 Å². The van der Waals surface area contributed by atoms with E-state index in [1.807, 2.05) is 12.2 Å². The Kier molecular flexibility index (Phi) is 51.2. The Morgan fingerprint density at radius 3 is 1.11 bits per heavy atom. The van der Waals surface area contributed by atoms with Gasteiger partial charge in [-0.05, 0) is 116 Å². The molecular weight excluding hydrogens is 952 g/mol. The van der Waals surface area contributed by atoms with Crippen molar-refractivity contribution >= 4 is 25.7 Å². The van der Waals surface area contributed by atoms with Crippen LogP contribution in [0.4, 0.5) is 0 Å². The molecule has 0 spiro atoms. The fourth-order valence-corrected chi connectivity index (χ4v) is 7.45. The summed E-state index contributed by atoms with van der Waals surface area (Å²) >= 11 is 0. The van der Waals surface area contributed by atoms with E-state index in [2.05, 4.69) is 148 Å². The van der Waals surface area contributed by atoms with Crippen molar-refractivity contribution in [2.24, 2.45) is 0 Å². The highest BCUT2D eigenvalue weighted by atomic mass is 31.2. The predicted octanol–water partition coefficient (Wildman–Crippen LogP) is 16.4. The molecule has 0 saturated heterocycles. The fourth-order valence-electron chi connectivity index (χ4n) is 6.67. The van der Waals surface area contributed by atoms with Gasteiger partial charge in [0.15, 0.2) is 6.10 Å². The lowest BCUT2D eigenvalue weighted by molar-refractivity contribution is -0.161. The van der Waals surface area contributed by atoms with Crippen molar-refractivity contribution in [2.75, 3.05) is 26.4 Å². The van der Waals surface area contributed by atoms with Crippen LogP contribution in [0.5, 0.6) is 0 Å². The smallest absolute Gasteiger partial charge is 0.461 e. The minimum atomic E-state index is -4.79. The number of carbonyl (C=O) groups excluding carboxylic acids is 3. The summed E-state index contributed by atoms with van der Waals surface area (Å²) in [6.45, 7) is 4.10. The first kappa shape index (κ1) is 69.4. The molecule has 74 heavy (non-hydrogen) atoms. The minimum absolute atomic E-state index is 0.0189. The molecule has 0 heterocycles. The van der Waals surface area contributed by atoms with Gasteiger partial charge < -0.3 is 24.2 Å². The lowest BCUT2D eigenvalue weighted by Crippen LogP contribution is -2.30. The molecule has 0 aliphatic carbocycles. The minimum Gasteiger partial charge on any atom is -0.461 e. The first-order valence-corrected chi connectivity index (χ1v) is 29.2. The lowest BCUT2D eigenvalue weighted by Gasteiger charge is -2.21. The van der Waals surface area contributed by atoms with E-state index in [0.717, 1.165) is 128 Å². The number of hydrogen-bond donors (Lipinski definition) is 2. The van der Waals surface area contributed by atoms with Crippen LogP contribution in [0.2, 0.25) is 0 Å². The number of esters is 3. The monoisotopic (exact) mass is 1050 g/mol. The van der Waals surface area contributed by atoms with E-state index in [0.29, 0.717) is 19.3 Å².